The second-order valence-corrected chi connectivity index (χ2v) is 6.00. The molecule has 1 rings (SSSR count). The lowest BCUT2D eigenvalue weighted by atomic mass is 9.78. The summed E-state index contributed by atoms with van der Waals surface area (Å²) >= 11 is 0. The molecule has 0 spiro atoms. The van der Waals surface area contributed by atoms with Crippen molar-refractivity contribution in [3.8, 4) is 0 Å². The molecule has 0 amide bonds. The van der Waals surface area contributed by atoms with Crippen LogP contribution in [0.15, 0.2) is 0 Å². The zero-order chi connectivity index (χ0) is 12.1. The first-order chi connectivity index (χ1) is 7.58. The van der Waals surface area contributed by atoms with Crippen LogP contribution in [-0.2, 0) is 0 Å². The van der Waals surface area contributed by atoms with Gasteiger partial charge < -0.3 is 5.32 Å². The van der Waals surface area contributed by atoms with Crippen molar-refractivity contribution in [1.29, 1.82) is 0 Å². The highest BCUT2D eigenvalue weighted by Crippen LogP contribution is 2.30. The highest BCUT2D eigenvalue weighted by Gasteiger charge is 2.26. The number of rotatable bonds is 5. The summed E-state index contributed by atoms with van der Waals surface area (Å²) < 4.78 is 0. The van der Waals surface area contributed by atoms with Gasteiger partial charge in [0.05, 0.1) is 0 Å². The quantitative estimate of drug-likeness (QED) is 0.738. The maximum atomic E-state index is 3.87. The summed E-state index contributed by atoms with van der Waals surface area (Å²) in [5.74, 6) is 2.69. The van der Waals surface area contributed by atoms with Crippen molar-refractivity contribution in [3.63, 3.8) is 0 Å². The van der Waals surface area contributed by atoms with E-state index in [1.807, 2.05) is 0 Å². The zero-order valence-electron chi connectivity index (χ0n) is 11.9. The van der Waals surface area contributed by atoms with Gasteiger partial charge in [-0.25, -0.2) is 0 Å². The van der Waals surface area contributed by atoms with E-state index in [2.05, 4.69) is 39.9 Å². The molecule has 16 heavy (non-hydrogen) atoms. The Balaban J connectivity index is 2.36. The van der Waals surface area contributed by atoms with Crippen LogP contribution in [0, 0.1) is 17.8 Å². The second-order valence-electron chi connectivity index (χ2n) is 6.00. The first kappa shape index (κ1) is 14.0. The summed E-state index contributed by atoms with van der Waals surface area (Å²) in [7, 11) is 0. The molecule has 0 radical (unpaired) electrons. The van der Waals surface area contributed by atoms with E-state index in [-0.39, 0.29) is 0 Å². The molecule has 1 aliphatic carbocycles. The smallest absolute Gasteiger partial charge is 0.00723 e. The average molecular weight is 225 g/mol. The molecule has 0 aromatic rings. The Hall–Kier alpha value is -0.0400. The SMILES string of the molecule is CCC(CC)C(C)NC1CCC(C)C(C)C1. The van der Waals surface area contributed by atoms with E-state index in [4.69, 9.17) is 0 Å². The summed E-state index contributed by atoms with van der Waals surface area (Å²) in [6.07, 6.45) is 6.79. The molecule has 0 aliphatic heterocycles. The molecule has 0 aromatic carbocycles. The molecule has 1 aliphatic rings. The monoisotopic (exact) mass is 225 g/mol. The van der Waals surface area contributed by atoms with Crippen LogP contribution in [0.1, 0.15) is 66.7 Å². The average Bonchev–Trinajstić information content (AvgIpc) is 2.25. The van der Waals surface area contributed by atoms with Crippen molar-refractivity contribution in [2.45, 2.75) is 78.8 Å². The van der Waals surface area contributed by atoms with Crippen molar-refractivity contribution in [2.75, 3.05) is 0 Å². The third-order valence-electron chi connectivity index (χ3n) is 4.85. The van der Waals surface area contributed by atoms with Gasteiger partial charge in [-0.3, -0.25) is 0 Å². The van der Waals surface area contributed by atoms with E-state index in [1.165, 1.54) is 32.1 Å². The van der Waals surface area contributed by atoms with Crippen LogP contribution < -0.4 is 5.32 Å². The Morgan fingerprint density at radius 1 is 1.06 bits per heavy atom. The van der Waals surface area contributed by atoms with Crippen molar-refractivity contribution in [2.24, 2.45) is 17.8 Å². The first-order valence-corrected chi connectivity index (χ1v) is 7.34. The third-order valence-corrected chi connectivity index (χ3v) is 4.85. The fourth-order valence-electron chi connectivity index (χ4n) is 3.20. The summed E-state index contributed by atoms with van der Waals surface area (Å²) in [4.78, 5) is 0. The lowest BCUT2D eigenvalue weighted by molar-refractivity contribution is 0.201. The molecule has 4 atom stereocenters. The van der Waals surface area contributed by atoms with Crippen LogP contribution >= 0.6 is 0 Å². The molecule has 0 aromatic heterocycles. The van der Waals surface area contributed by atoms with Crippen molar-refractivity contribution in [1.82, 2.24) is 5.32 Å². The minimum absolute atomic E-state index is 0.695. The summed E-state index contributed by atoms with van der Waals surface area (Å²) in [6.45, 7) is 11.8. The van der Waals surface area contributed by atoms with E-state index >= 15 is 0 Å². The van der Waals surface area contributed by atoms with Crippen LogP contribution in [0.2, 0.25) is 0 Å². The molecule has 1 fully saturated rings. The van der Waals surface area contributed by atoms with Gasteiger partial charge in [-0.1, -0.05) is 40.5 Å². The predicted octanol–water partition coefficient (Wildman–Crippen LogP) is 4.23. The maximum Gasteiger partial charge on any atom is 0.00723 e. The fraction of sp³-hybridized carbons (Fsp3) is 1.00. The largest absolute Gasteiger partial charge is 0.311 e. The Morgan fingerprint density at radius 2 is 1.69 bits per heavy atom. The van der Waals surface area contributed by atoms with Crippen molar-refractivity contribution < 1.29 is 0 Å². The normalized spacial score (nSPS) is 33.0. The molecule has 0 saturated heterocycles. The van der Waals surface area contributed by atoms with Gasteiger partial charge in [-0.2, -0.15) is 0 Å². The molecule has 0 heterocycles. The van der Waals surface area contributed by atoms with Gasteiger partial charge in [0.1, 0.15) is 0 Å². The molecule has 4 unspecified atom stereocenters. The van der Waals surface area contributed by atoms with E-state index in [1.54, 1.807) is 0 Å². The molecule has 1 N–H and O–H groups in total. The van der Waals surface area contributed by atoms with Crippen molar-refractivity contribution in [3.05, 3.63) is 0 Å². The van der Waals surface area contributed by atoms with Crippen LogP contribution in [0.25, 0.3) is 0 Å². The summed E-state index contributed by atoms with van der Waals surface area (Å²) in [5, 5.41) is 3.87. The first-order valence-electron chi connectivity index (χ1n) is 7.34. The van der Waals surface area contributed by atoms with Crippen LogP contribution in [0.4, 0.5) is 0 Å². The number of nitrogens with one attached hydrogen (secondary N) is 1. The molecule has 1 nitrogen and oxygen atoms in total. The van der Waals surface area contributed by atoms with Gasteiger partial charge in [0.15, 0.2) is 0 Å². The lowest BCUT2D eigenvalue weighted by Gasteiger charge is -2.36. The molecule has 96 valence electrons. The van der Waals surface area contributed by atoms with Gasteiger partial charge in [0.2, 0.25) is 0 Å². The fourth-order valence-corrected chi connectivity index (χ4v) is 3.20. The Labute approximate surface area is 102 Å². The minimum atomic E-state index is 0.695. The minimum Gasteiger partial charge on any atom is -0.311 e. The molecule has 0 bridgehead atoms. The molecular formula is C15H31N. The van der Waals surface area contributed by atoms with Gasteiger partial charge in [-0.15, -0.1) is 0 Å². The molecule has 1 saturated carbocycles. The van der Waals surface area contributed by atoms with E-state index in [0.29, 0.717) is 6.04 Å². The predicted molar refractivity (Wildman–Crippen MR) is 72.6 cm³/mol. The third kappa shape index (κ3) is 3.76. The highest BCUT2D eigenvalue weighted by atomic mass is 15.0. The van der Waals surface area contributed by atoms with Crippen molar-refractivity contribution >= 4 is 0 Å². The Morgan fingerprint density at radius 3 is 2.19 bits per heavy atom. The zero-order valence-corrected chi connectivity index (χ0v) is 11.9. The van der Waals surface area contributed by atoms with Gasteiger partial charge in [-0.05, 0) is 43.9 Å². The Bertz CT molecular complexity index is 186. The van der Waals surface area contributed by atoms with Crippen LogP contribution in [-0.4, -0.2) is 12.1 Å². The topological polar surface area (TPSA) is 12.0 Å². The van der Waals surface area contributed by atoms with E-state index in [9.17, 15) is 0 Å². The van der Waals surface area contributed by atoms with Gasteiger partial charge >= 0.3 is 0 Å². The summed E-state index contributed by atoms with van der Waals surface area (Å²) in [6, 6.07) is 1.47. The summed E-state index contributed by atoms with van der Waals surface area (Å²) in [5.41, 5.74) is 0. The number of hydrogen-bond donors (Lipinski definition) is 1. The van der Waals surface area contributed by atoms with E-state index < -0.39 is 0 Å². The lowest BCUT2D eigenvalue weighted by Crippen LogP contribution is -2.44. The van der Waals surface area contributed by atoms with Gasteiger partial charge in [0, 0.05) is 12.1 Å². The number of hydrogen-bond acceptors (Lipinski definition) is 1. The molecule has 1 heteroatoms. The Kier molecular flexibility index (Phi) is 5.82. The second kappa shape index (κ2) is 6.64. The van der Waals surface area contributed by atoms with Crippen LogP contribution in [0.5, 0.6) is 0 Å². The van der Waals surface area contributed by atoms with Crippen LogP contribution in [0.3, 0.4) is 0 Å². The van der Waals surface area contributed by atoms with E-state index in [0.717, 1.165) is 23.8 Å². The maximum absolute atomic E-state index is 3.87. The van der Waals surface area contributed by atoms with Gasteiger partial charge in [0.25, 0.3) is 0 Å². The highest BCUT2D eigenvalue weighted by molar-refractivity contribution is 4.83. The molecular weight excluding hydrogens is 194 g/mol. The standard InChI is InChI=1S/C15H31N/c1-6-14(7-2)13(5)16-15-9-8-11(3)12(4)10-15/h11-16H,6-10H2,1-5H3.